The maximum absolute atomic E-state index is 12.5. The largest absolute Gasteiger partial charge is 0.434 e. The molecule has 0 bridgehead atoms. The molecular weight excluding hydrogens is 364 g/mol. The summed E-state index contributed by atoms with van der Waals surface area (Å²) in [4.78, 5) is 37.4. The molecule has 1 fully saturated rings. The van der Waals surface area contributed by atoms with Crippen LogP contribution in [0.2, 0.25) is 0 Å². The van der Waals surface area contributed by atoms with Crippen LogP contribution in [0.1, 0.15) is 12.8 Å². The number of amides is 2. The standard InChI is InChI=1S/C19H24N4O5/c20-14-7-6-12(9-21-13-4-2-1-3-5-13)10-23(18(14)26)11-16(24)22-15-8-17(25)28-19(15)27/h1-6,14-15,19,21,27H,7-11,20H2,(H,22,24). The summed E-state index contributed by atoms with van der Waals surface area (Å²) in [6, 6.07) is 8.12. The summed E-state index contributed by atoms with van der Waals surface area (Å²) < 4.78 is 4.60. The molecule has 9 nitrogen and oxygen atoms in total. The molecule has 2 aliphatic rings. The highest BCUT2D eigenvalue weighted by Crippen LogP contribution is 2.15. The molecule has 2 amide bonds. The third-order valence-electron chi connectivity index (χ3n) is 4.64. The lowest BCUT2D eigenvalue weighted by Gasteiger charge is -2.24. The lowest BCUT2D eigenvalue weighted by atomic mass is 10.1. The van der Waals surface area contributed by atoms with Crippen LogP contribution >= 0.6 is 0 Å². The topological polar surface area (TPSA) is 134 Å². The van der Waals surface area contributed by atoms with Gasteiger partial charge in [0.25, 0.3) is 0 Å². The molecule has 5 N–H and O–H groups in total. The van der Waals surface area contributed by atoms with E-state index in [4.69, 9.17) is 5.73 Å². The van der Waals surface area contributed by atoms with E-state index in [1.165, 1.54) is 4.90 Å². The number of carbonyl (C=O) groups is 3. The Morgan fingerprint density at radius 1 is 1.29 bits per heavy atom. The molecule has 0 aliphatic carbocycles. The number of anilines is 1. The first kappa shape index (κ1) is 19.8. The van der Waals surface area contributed by atoms with E-state index in [9.17, 15) is 19.5 Å². The number of cyclic esters (lactones) is 1. The van der Waals surface area contributed by atoms with Crippen molar-refractivity contribution in [1.29, 1.82) is 0 Å². The zero-order chi connectivity index (χ0) is 20.1. The number of benzene rings is 1. The maximum Gasteiger partial charge on any atom is 0.310 e. The summed E-state index contributed by atoms with van der Waals surface area (Å²) in [5, 5.41) is 15.4. The van der Waals surface area contributed by atoms with E-state index in [1.54, 1.807) is 0 Å². The Hall–Kier alpha value is -2.91. The van der Waals surface area contributed by atoms with E-state index in [1.807, 2.05) is 36.4 Å². The molecule has 3 unspecified atom stereocenters. The molecule has 3 atom stereocenters. The molecule has 9 heteroatoms. The summed E-state index contributed by atoms with van der Waals surface area (Å²) in [6.45, 7) is 0.570. The number of carbonyl (C=O) groups excluding carboxylic acids is 3. The number of aliphatic hydroxyl groups is 1. The van der Waals surface area contributed by atoms with Crippen LogP contribution in [-0.2, 0) is 19.1 Å². The van der Waals surface area contributed by atoms with Crippen molar-refractivity contribution in [3.63, 3.8) is 0 Å². The minimum Gasteiger partial charge on any atom is -0.434 e. The predicted molar refractivity (Wildman–Crippen MR) is 101 cm³/mol. The number of nitrogens with one attached hydrogen (secondary N) is 2. The fourth-order valence-corrected chi connectivity index (χ4v) is 3.14. The quantitative estimate of drug-likeness (QED) is 0.375. The average Bonchev–Trinajstić information content (AvgIpc) is 2.92. The molecule has 0 aromatic heterocycles. The maximum atomic E-state index is 12.5. The van der Waals surface area contributed by atoms with Crippen molar-refractivity contribution >= 4 is 23.5 Å². The highest BCUT2D eigenvalue weighted by atomic mass is 16.6. The van der Waals surface area contributed by atoms with Gasteiger partial charge in [0.2, 0.25) is 18.1 Å². The lowest BCUT2D eigenvalue weighted by molar-refractivity contribution is -0.155. The zero-order valence-corrected chi connectivity index (χ0v) is 15.3. The minimum atomic E-state index is -1.37. The van der Waals surface area contributed by atoms with Gasteiger partial charge in [-0.2, -0.15) is 0 Å². The molecule has 1 saturated heterocycles. The van der Waals surface area contributed by atoms with Crippen LogP contribution in [0.15, 0.2) is 42.0 Å². The summed E-state index contributed by atoms with van der Waals surface area (Å²) in [6.07, 6.45) is 0.840. The molecule has 3 rings (SSSR count). The Morgan fingerprint density at radius 2 is 2.04 bits per heavy atom. The van der Waals surface area contributed by atoms with Gasteiger partial charge in [-0.15, -0.1) is 0 Å². The summed E-state index contributed by atoms with van der Waals surface area (Å²) >= 11 is 0. The van der Waals surface area contributed by atoms with Crippen LogP contribution in [0.25, 0.3) is 0 Å². The van der Waals surface area contributed by atoms with Crippen molar-refractivity contribution in [3.05, 3.63) is 42.0 Å². The number of hydrogen-bond acceptors (Lipinski definition) is 7. The van der Waals surface area contributed by atoms with Gasteiger partial charge in [-0.05, 0) is 24.1 Å². The van der Waals surface area contributed by atoms with Crippen molar-refractivity contribution < 1.29 is 24.2 Å². The van der Waals surface area contributed by atoms with Crippen molar-refractivity contribution in [2.45, 2.75) is 31.2 Å². The molecule has 0 spiro atoms. The number of aliphatic hydroxyl groups excluding tert-OH is 1. The molecule has 150 valence electrons. The molecule has 28 heavy (non-hydrogen) atoms. The normalized spacial score (nSPS) is 25.0. The molecule has 2 heterocycles. The third-order valence-corrected chi connectivity index (χ3v) is 4.64. The average molecular weight is 388 g/mol. The van der Waals surface area contributed by atoms with Crippen LogP contribution in [0, 0.1) is 0 Å². The fourth-order valence-electron chi connectivity index (χ4n) is 3.14. The summed E-state index contributed by atoms with van der Waals surface area (Å²) in [5.41, 5.74) is 7.82. The summed E-state index contributed by atoms with van der Waals surface area (Å²) in [7, 11) is 0. The molecule has 1 aromatic rings. The van der Waals surface area contributed by atoms with E-state index in [2.05, 4.69) is 15.4 Å². The second-order valence-electron chi connectivity index (χ2n) is 6.88. The first-order chi connectivity index (χ1) is 13.4. The van der Waals surface area contributed by atoms with Gasteiger partial charge >= 0.3 is 5.97 Å². The van der Waals surface area contributed by atoms with Crippen LogP contribution in [0.5, 0.6) is 0 Å². The van der Waals surface area contributed by atoms with E-state index in [-0.39, 0.29) is 25.4 Å². The van der Waals surface area contributed by atoms with Crippen LogP contribution in [0.3, 0.4) is 0 Å². The van der Waals surface area contributed by atoms with Crippen molar-refractivity contribution in [2.75, 3.05) is 25.0 Å². The Balaban J connectivity index is 1.58. The van der Waals surface area contributed by atoms with E-state index >= 15 is 0 Å². The highest BCUT2D eigenvalue weighted by molar-refractivity contribution is 5.88. The SMILES string of the molecule is NC1CC=C(CNc2ccccc2)CN(CC(=O)NC2CC(=O)OC2O)C1=O. The van der Waals surface area contributed by atoms with Gasteiger partial charge in [0, 0.05) is 18.8 Å². The van der Waals surface area contributed by atoms with Gasteiger partial charge in [0.15, 0.2) is 0 Å². The molecule has 1 aromatic carbocycles. The molecule has 0 saturated carbocycles. The van der Waals surface area contributed by atoms with Crippen LogP contribution in [-0.4, -0.2) is 65.8 Å². The van der Waals surface area contributed by atoms with Crippen LogP contribution < -0.4 is 16.4 Å². The number of esters is 1. The first-order valence-electron chi connectivity index (χ1n) is 9.10. The Morgan fingerprint density at radius 3 is 2.71 bits per heavy atom. The number of nitrogens with zero attached hydrogens (tertiary/aromatic N) is 1. The van der Waals surface area contributed by atoms with Gasteiger partial charge in [-0.3, -0.25) is 14.4 Å². The number of para-hydroxylation sites is 1. The van der Waals surface area contributed by atoms with Crippen molar-refractivity contribution in [1.82, 2.24) is 10.2 Å². The van der Waals surface area contributed by atoms with E-state index in [0.29, 0.717) is 13.0 Å². The number of ether oxygens (including phenoxy) is 1. The third kappa shape index (κ3) is 5.08. The van der Waals surface area contributed by atoms with Crippen molar-refractivity contribution in [2.24, 2.45) is 5.73 Å². The monoisotopic (exact) mass is 388 g/mol. The number of rotatable bonds is 6. The smallest absolute Gasteiger partial charge is 0.310 e. The van der Waals surface area contributed by atoms with Gasteiger partial charge < -0.3 is 31.1 Å². The Bertz CT molecular complexity index is 767. The molecule has 0 radical (unpaired) electrons. The van der Waals surface area contributed by atoms with E-state index in [0.717, 1.165) is 11.3 Å². The zero-order valence-electron chi connectivity index (χ0n) is 15.3. The van der Waals surface area contributed by atoms with E-state index < -0.39 is 30.3 Å². The Kier molecular flexibility index (Phi) is 6.27. The number of hydrogen-bond donors (Lipinski definition) is 4. The van der Waals surface area contributed by atoms with Crippen LogP contribution in [0.4, 0.5) is 5.69 Å². The minimum absolute atomic E-state index is 0.105. The lowest BCUT2D eigenvalue weighted by Crippen LogP contribution is -2.50. The molecular formula is C19H24N4O5. The second-order valence-corrected chi connectivity index (χ2v) is 6.88. The fraction of sp³-hybridized carbons (Fsp3) is 0.421. The van der Waals surface area contributed by atoms with Crippen molar-refractivity contribution in [3.8, 4) is 0 Å². The Labute approximate surface area is 162 Å². The second kappa shape index (κ2) is 8.85. The number of nitrogens with two attached hydrogens (primary N) is 1. The predicted octanol–water partition coefficient (Wildman–Crippen LogP) is -0.665. The van der Waals surface area contributed by atoms with Gasteiger partial charge in [0.1, 0.15) is 6.04 Å². The summed E-state index contributed by atoms with van der Waals surface area (Å²) in [5.74, 6) is -1.39. The molecule has 2 aliphatic heterocycles. The first-order valence-corrected chi connectivity index (χ1v) is 9.10. The van der Waals surface area contributed by atoms with Gasteiger partial charge in [0.05, 0.1) is 19.0 Å². The highest BCUT2D eigenvalue weighted by Gasteiger charge is 2.35. The van der Waals surface area contributed by atoms with Gasteiger partial charge in [-0.25, -0.2) is 0 Å². The van der Waals surface area contributed by atoms with Gasteiger partial charge in [-0.1, -0.05) is 24.3 Å².